The minimum absolute atomic E-state index is 0.0741. The molecule has 2 spiro atoms. The molecule has 1 saturated heterocycles. The van der Waals surface area contributed by atoms with E-state index >= 15 is 0 Å². The van der Waals surface area contributed by atoms with Crippen molar-refractivity contribution in [2.45, 2.75) is 124 Å². The number of likely N-dealkylation sites (N-methyl/N-ethyl adjacent to an activating group) is 1. The van der Waals surface area contributed by atoms with Crippen LogP contribution in [-0.4, -0.2) is 76.1 Å². The van der Waals surface area contributed by atoms with Crippen molar-refractivity contribution in [1.29, 1.82) is 0 Å². The lowest BCUT2D eigenvalue weighted by molar-refractivity contribution is -0.329. The molecule has 0 radical (unpaired) electrons. The second-order valence-corrected chi connectivity index (χ2v) is 17.5. The Hall–Kier alpha value is -3.95. The first kappa shape index (κ1) is 38.3. The average Bonchev–Trinajstić information content (AvgIpc) is 3.77. The summed E-state index contributed by atoms with van der Waals surface area (Å²) in [5.74, 6) is -0.574. The van der Waals surface area contributed by atoms with Crippen LogP contribution < -0.4 is 14.8 Å². The molecule has 1 aromatic rings. The van der Waals surface area contributed by atoms with Gasteiger partial charge in [-0.25, -0.2) is 0 Å². The van der Waals surface area contributed by atoms with Crippen molar-refractivity contribution in [2.24, 2.45) is 17.3 Å². The summed E-state index contributed by atoms with van der Waals surface area (Å²) >= 11 is 0. The van der Waals surface area contributed by atoms with Gasteiger partial charge < -0.3 is 29.5 Å². The Balaban J connectivity index is 1.30. The monoisotopic (exact) mass is 738 g/mol. The number of rotatable bonds is 13. The minimum atomic E-state index is -1.28. The van der Waals surface area contributed by atoms with Gasteiger partial charge in [0.1, 0.15) is 34.0 Å². The van der Waals surface area contributed by atoms with E-state index < -0.39 is 33.7 Å². The highest BCUT2D eigenvalue weighted by Gasteiger charge is 3.02. The SMILES string of the molecule is CCN(CC)CCNC(=O)/C(C)=C\CC12OC(C)(C)C13C1CC(C=C4C(=O)c5c(O)c6c(c(CC=C(C)C)c5OC413)OC(C)(CCC=C(C)C)C=C6)C2=O. The van der Waals surface area contributed by atoms with Gasteiger partial charge in [0.15, 0.2) is 17.2 Å². The molecule has 54 heavy (non-hydrogen) atoms. The maximum absolute atomic E-state index is 15.0. The molecule has 9 heteroatoms. The van der Waals surface area contributed by atoms with Crippen molar-refractivity contribution in [3.8, 4) is 17.2 Å². The van der Waals surface area contributed by atoms with Gasteiger partial charge in [-0.1, -0.05) is 49.3 Å². The average molecular weight is 739 g/mol. The summed E-state index contributed by atoms with van der Waals surface area (Å²) in [4.78, 5) is 45.1. The van der Waals surface area contributed by atoms with Gasteiger partial charge in [-0.05, 0) is 106 Å². The molecule has 2 bridgehead atoms. The Morgan fingerprint density at radius 1 is 1.00 bits per heavy atom. The van der Waals surface area contributed by atoms with E-state index in [0.29, 0.717) is 53.2 Å². The number of hydrogen-bond donors (Lipinski definition) is 2. The van der Waals surface area contributed by atoms with Gasteiger partial charge >= 0.3 is 0 Å². The molecule has 3 fully saturated rings. The maximum Gasteiger partial charge on any atom is 0.246 e. The number of allylic oxidation sites excluding steroid dienone is 5. The molecule has 3 aliphatic heterocycles. The Morgan fingerprint density at radius 3 is 2.35 bits per heavy atom. The lowest BCUT2D eigenvalue weighted by Crippen LogP contribution is -2.76. The minimum Gasteiger partial charge on any atom is -0.506 e. The van der Waals surface area contributed by atoms with Gasteiger partial charge in [0.05, 0.1) is 16.6 Å². The van der Waals surface area contributed by atoms with Gasteiger partial charge in [0.2, 0.25) is 5.91 Å². The summed E-state index contributed by atoms with van der Waals surface area (Å²) in [6.45, 7) is 23.3. The molecule has 3 aliphatic carbocycles. The summed E-state index contributed by atoms with van der Waals surface area (Å²) in [6, 6.07) is 0. The largest absolute Gasteiger partial charge is 0.506 e. The quantitative estimate of drug-likeness (QED) is 0.157. The fourth-order valence-electron chi connectivity index (χ4n) is 10.7. The molecule has 0 aromatic heterocycles. The third-order valence-electron chi connectivity index (χ3n) is 13.3. The standard InChI is InChI=1S/C45H58N2O7/c1-11-47(12-2)23-22-46-40(51)28(7)17-21-43-39(50)29-24-32-36(49)34-35(48)30-18-20-42(10,19-13-14-26(3)4)52-37(30)31(16-15-27(5)6)38(34)53-44(32)33(25-29)45(43,44)41(8,9)54-43/h14-15,17-18,20,24,29,33,48H,11-13,16,19,21-23,25H2,1-10H3,(H,46,51)/b28-17-. The molecular weight excluding hydrogens is 681 g/mol. The molecule has 1 aromatic carbocycles. The Kier molecular flexibility index (Phi) is 9.28. The summed E-state index contributed by atoms with van der Waals surface area (Å²) in [7, 11) is 0. The molecule has 6 atom stereocenters. The number of phenolic OH excluding ortho intramolecular Hbond substituents is 1. The van der Waals surface area contributed by atoms with Crippen molar-refractivity contribution in [2.75, 3.05) is 26.2 Å². The third kappa shape index (κ3) is 5.20. The number of aromatic hydroxyl groups is 1. The van der Waals surface area contributed by atoms with Crippen molar-refractivity contribution < 1.29 is 33.7 Å². The highest BCUT2D eigenvalue weighted by atomic mass is 16.6. The zero-order valence-electron chi connectivity index (χ0n) is 33.8. The van der Waals surface area contributed by atoms with E-state index in [9.17, 15) is 19.5 Å². The Bertz CT molecular complexity index is 1970. The smallest absolute Gasteiger partial charge is 0.246 e. The number of phenols is 1. The maximum atomic E-state index is 15.0. The molecule has 3 heterocycles. The molecule has 1 amide bonds. The number of benzene rings is 1. The number of Topliss-reactive ketones (excluding diaryl/α,β-unsaturated/α-hetero) is 2. The van der Waals surface area contributed by atoms with Crippen LogP contribution in [0.2, 0.25) is 0 Å². The highest BCUT2D eigenvalue weighted by Crippen LogP contribution is 2.89. The molecule has 290 valence electrons. The lowest BCUT2D eigenvalue weighted by Gasteiger charge is -2.63. The van der Waals surface area contributed by atoms with Crippen LogP contribution >= 0.6 is 0 Å². The van der Waals surface area contributed by atoms with Gasteiger partial charge in [-0.3, -0.25) is 14.4 Å². The summed E-state index contributed by atoms with van der Waals surface area (Å²) in [6.07, 6.45) is 14.5. The number of nitrogens with zero attached hydrogens (tertiary/aromatic N) is 1. The second kappa shape index (κ2) is 13.1. The van der Waals surface area contributed by atoms with E-state index in [1.165, 1.54) is 5.57 Å². The number of carbonyl (C=O) groups is 3. The Labute approximate surface area is 320 Å². The van der Waals surface area contributed by atoms with Gasteiger partial charge in [0.25, 0.3) is 0 Å². The van der Waals surface area contributed by atoms with Crippen molar-refractivity contribution >= 4 is 23.5 Å². The molecule has 2 N–H and O–H groups in total. The summed E-state index contributed by atoms with van der Waals surface area (Å²) < 4.78 is 20.9. The fraction of sp³-hybridized carbons (Fsp3) is 0.578. The van der Waals surface area contributed by atoms with E-state index in [0.717, 1.165) is 38.0 Å². The fourth-order valence-corrected chi connectivity index (χ4v) is 10.7. The van der Waals surface area contributed by atoms with Crippen LogP contribution in [-0.2, 0) is 20.7 Å². The predicted octanol–water partition coefficient (Wildman–Crippen LogP) is 7.61. The summed E-state index contributed by atoms with van der Waals surface area (Å²) in [5.41, 5.74) is -0.113. The van der Waals surface area contributed by atoms with Crippen LogP contribution in [0.4, 0.5) is 0 Å². The first-order chi connectivity index (χ1) is 25.4. The topological polar surface area (TPSA) is 114 Å². The number of ether oxygens (including phenoxy) is 3. The van der Waals surface area contributed by atoms with Crippen molar-refractivity contribution in [1.82, 2.24) is 10.2 Å². The van der Waals surface area contributed by atoms with Gasteiger partial charge in [0, 0.05) is 48.1 Å². The molecule has 6 unspecified atom stereocenters. The molecule has 7 rings (SSSR count). The van der Waals surface area contributed by atoms with Crippen molar-refractivity contribution in [3.63, 3.8) is 0 Å². The number of fused-ring (bicyclic) bond motifs is 3. The van der Waals surface area contributed by atoms with Crippen LogP contribution in [0.1, 0.15) is 116 Å². The van der Waals surface area contributed by atoms with E-state index in [4.69, 9.17) is 14.2 Å². The number of carbonyl (C=O) groups excluding carboxylic acids is 3. The van der Waals surface area contributed by atoms with Crippen LogP contribution in [0.25, 0.3) is 6.08 Å². The van der Waals surface area contributed by atoms with E-state index in [1.807, 2.05) is 52.8 Å². The van der Waals surface area contributed by atoms with Crippen LogP contribution in [0.5, 0.6) is 17.2 Å². The molecule has 2 saturated carbocycles. The van der Waals surface area contributed by atoms with E-state index in [-0.39, 0.29) is 41.1 Å². The van der Waals surface area contributed by atoms with Gasteiger partial charge in [-0.2, -0.15) is 0 Å². The van der Waals surface area contributed by atoms with Crippen LogP contribution in [0.3, 0.4) is 0 Å². The summed E-state index contributed by atoms with van der Waals surface area (Å²) in [5, 5.41) is 15.0. The third-order valence-corrected chi connectivity index (χ3v) is 13.3. The first-order valence-electron chi connectivity index (χ1n) is 19.9. The Morgan fingerprint density at radius 2 is 1.70 bits per heavy atom. The first-order valence-corrected chi connectivity index (χ1v) is 19.9. The van der Waals surface area contributed by atoms with Gasteiger partial charge in [-0.15, -0.1) is 0 Å². The molecule has 6 aliphatic rings. The number of amides is 1. The molecule has 9 nitrogen and oxygen atoms in total. The van der Waals surface area contributed by atoms with E-state index in [1.54, 1.807) is 13.0 Å². The predicted molar refractivity (Wildman–Crippen MR) is 210 cm³/mol. The number of hydrogen-bond acceptors (Lipinski definition) is 8. The lowest BCUT2D eigenvalue weighted by atomic mass is 9.56. The number of nitrogens with one attached hydrogen (secondary N) is 1. The van der Waals surface area contributed by atoms with Crippen LogP contribution in [0.15, 0.2) is 52.7 Å². The normalized spacial score (nSPS) is 31.8. The second-order valence-electron chi connectivity index (χ2n) is 17.5. The highest BCUT2D eigenvalue weighted by molar-refractivity contribution is 6.18. The number of ketones is 2. The zero-order chi connectivity index (χ0) is 39.2. The van der Waals surface area contributed by atoms with Crippen LogP contribution in [0, 0.1) is 17.3 Å². The van der Waals surface area contributed by atoms with Crippen molar-refractivity contribution in [3.05, 3.63) is 69.4 Å². The van der Waals surface area contributed by atoms with E-state index in [2.05, 4.69) is 50.1 Å². The zero-order valence-corrected chi connectivity index (χ0v) is 33.8. The molecular formula is C45H58N2O7.